The van der Waals surface area contributed by atoms with Crippen LogP contribution < -0.4 is 5.32 Å². The fourth-order valence-corrected chi connectivity index (χ4v) is 1.14. The summed E-state index contributed by atoms with van der Waals surface area (Å²) in [6, 6.07) is 3.02. The molecule has 0 bridgehead atoms. The molecule has 0 aromatic heterocycles. The third-order valence-corrected chi connectivity index (χ3v) is 1.69. The Balaban J connectivity index is 3.07. The van der Waals surface area contributed by atoms with Crippen molar-refractivity contribution in [3.63, 3.8) is 0 Å². The Morgan fingerprint density at radius 3 is 2.43 bits per heavy atom. The second kappa shape index (κ2) is 3.88. The van der Waals surface area contributed by atoms with Crippen LogP contribution >= 0.6 is 0 Å². The van der Waals surface area contributed by atoms with Gasteiger partial charge >= 0.3 is 6.18 Å². The minimum Gasteiger partial charge on any atom is -0.508 e. The van der Waals surface area contributed by atoms with Gasteiger partial charge in [-0.15, -0.1) is 0 Å². The van der Waals surface area contributed by atoms with Gasteiger partial charge in [-0.1, -0.05) is 0 Å². The number of alkyl halides is 3. The second-order valence-electron chi connectivity index (χ2n) is 2.92. The summed E-state index contributed by atoms with van der Waals surface area (Å²) in [6.07, 6.45) is -4.42. The lowest BCUT2D eigenvalue weighted by Crippen LogP contribution is -2.09. The normalized spacial score (nSPS) is 11.7. The highest BCUT2D eigenvalue weighted by atomic mass is 19.4. The van der Waals surface area contributed by atoms with Crippen LogP contribution in [0.3, 0.4) is 0 Å². The molecule has 5 heteroatoms. The fourth-order valence-electron chi connectivity index (χ4n) is 1.14. The zero-order chi connectivity index (χ0) is 10.8. The molecule has 2 nitrogen and oxygen atoms in total. The third kappa shape index (κ3) is 2.63. The minimum atomic E-state index is -4.42. The van der Waals surface area contributed by atoms with E-state index in [4.69, 9.17) is 5.11 Å². The van der Waals surface area contributed by atoms with Gasteiger partial charge in [0.1, 0.15) is 5.75 Å². The van der Waals surface area contributed by atoms with E-state index in [1.807, 2.05) is 0 Å². The molecule has 0 saturated carbocycles. The maximum Gasteiger partial charge on any atom is 0.416 e. The van der Waals surface area contributed by atoms with E-state index in [9.17, 15) is 13.2 Å². The summed E-state index contributed by atoms with van der Waals surface area (Å²) in [5.74, 6) is -0.370. The van der Waals surface area contributed by atoms with E-state index in [-0.39, 0.29) is 12.3 Å². The number of hydrogen-bond donors (Lipinski definition) is 2. The lowest BCUT2D eigenvalue weighted by Gasteiger charge is -2.09. The Morgan fingerprint density at radius 2 is 1.93 bits per heavy atom. The highest BCUT2D eigenvalue weighted by Crippen LogP contribution is 2.32. The Labute approximate surface area is 79.4 Å². The van der Waals surface area contributed by atoms with Crippen molar-refractivity contribution in [3.8, 4) is 5.75 Å². The topological polar surface area (TPSA) is 32.3 Å². The molecule has 0 atom stereocenters. The molecular formula is C9H10F3NO. The van der Waals surface area contributed by atoms with Crippen LogP contribution in [0, 0.1) is 0 Å². The van der Waals surface area contributed by atoms with E-state index in [1.165, 1.54) is 6.07 Å². The molecule has 14 heavy (non-hydrogen) atoms. The van der Waals surface area contributed by atoms with E-state index in [1.54, 1.807) is 7.05 Å². The molecular weight excluding hydrogens is 195 g/mol. The monoisotopic (exact) mass is 205 g/mol. The number of phenols is 1. The van der Waals surface area contributed by atoms with Gasteiger partial charge in [-0.05, 0) is 30.8 Å². The van der Waals surface area contributed by atoms with Crippen molar-refractivity contribution in [1.82, 2.24) is 5.32 Å². The summed E-state index contributed by atoms with van der Waals surface area (Å²) in [7, 11) is 1.62. The first-order valence-corrected chi connectivity index (χ1v) is 3.98. The van der Waals surface area contributed by atoms with Crippen LogP contribution in [0.4, 0.5) is 13.2 Å². The number of hydrogen-bond acceptors (Lipinski definition) is 2. The molecule has 1 rings (SSSR count). The number of benzene rings is 1. The first-order chi connectivity index (χ1) is 6.43. The standard InChI is InChI=1S/C9H10F3NO/c1-13-5-6-2-7(9(10,11)12)4-8(14)3-6/h2-4,13-14H,5H2,1H3. The molecule has 0 saturated heterocycles. The third-order valence-electron chi connectivity index (χ3n) is 1.69. The molecule has 1 aromatic rings. The number of phenolic OH excluding ortho intramolecular Hbond substituents is 1. The van der Waals surface area contributed by atoms with Gasteiger partial charge in [0.15, 0.2) is 0 Å². The Hall–Kier alpha value is -1.23. The van der Waals surface area contributed by atoms with Gasteiger partial charge in [0.05, 0.1) is 5.56 Å². The maximum absolute atomic E-state index is 12.3. The van der Waals surface area contributed by atoms with Crippen LogP contribution in [-0.4, -0.2) is 12.2 Å². The van der Waals surface area contributed by atoms with Crippen molar-refractivity contribution < 1.29 is 18.3 Å². The predicted molar refractivity (Wildman–Crippen MR) is 45.9 cm³/mol. The van der Waals surface area contributed by atoms with Crippen molar-refractivity contribution >= 4 is 0 Å². The molecule has 0 aliphatic carbocycles. The highest BCUT2D eigenvalue weighted by molar-refractivity contribution is 5.34. The fraction of sp³-hybridized carbons (Fsp3) is 0.333. The van der Waals surface area contributed by atoms with Crippen LogP contribution in [0.5, 0.6) is 5.75 Å². The average Bonchev–Trinajstić information content (AvgIpc) is 2.02. The van der Waals surface area contributed by atoms with Gasteiger partial charge in [0.25, 0.3) is 0 Å². The zero-order valence-electron chi connectivity index (χ0n) is 7.52. The maximum atomic E-state index is 12.3. The highest BCUT2D eigenvalue weighted by Gasteiger charge is 2.31. The van der Waals surface area contributed by atoms with Crippen LogP contribution in [0.2, 0.25) is 0 Å². The lowest BCUT2D eigenvalue weighted by molar-refractivity contribution is -0.137. The van der Waals surface area contributed by atoms with Gasteiger partial charge in [0, 0.05) is 6.54 Å². The van der Waals surface area contributed by atoms with Gasteiger partial charge in [-0.2, -0.15) is 13.2 Å². The van der Waals surface area contributed by atoms with Gasteiger partial charge in [-0.25, -0.2) is 0 Å². The molecule has 0 radical (unpaired) electrons. The summed E-state index contributed by atoms with van der Waals surface area (Å²) < 4.78 is 36.8. The average molecular weight is 205 g/mol. The van der Waals surface area contributed by atoms with Crippen molar-refractivity contribution in [2.75, 3.05) is 7.05 Å². The van der Waals surface area contributed by atoms with E-state index in [0.717, 1.165) is 6.07 Å². The molecule has 0 fully saturated rings. The van der Waals surface area contributed by atoms with Crippen LogP contribution in [0.25, 0.3) is 0 Å². The quantitative estimate of drug-likeness (QED) is 0.775. The van der Waals surface area contributed by atoms with E-state index < -0.39 is 11.7 Å². The summed E-state index contributed by atoms with van der Waals surface area (Å²) in [5.41, 5.74) is -0.428. The predicted octanol–water partition coefficient (Wildman–Crippen LogP) is 2.13. The van der Waals surface area contributed by atoms with Gasteiger partial charge in [0.2, 0.25) is 0 Å². The van der Waals surface area contributed by atoms with Crippen LogP contribution in [-0.2, 0) is 12.7 Å². The van der Waals surface area contributed by atoms with Crippen molar-refractivity contribution in [3.05, 3.63) is 29.3 Å². The smallest absolute Gasteiger partial charge is 0.416 e. The molecule has 1 aromatic carbocycles. The first kappa shape index (κ1) is 10.8. The number of rotatable bonds is 2. The summed E-state index contributed by atoms with van der Waals surface area (Å²) in [5, 5.41) is 11.8. The van der Waals surface area contributed by atoms with Gasteiger partial charge in [-0.3, -0.25) is 0 Å². The molecule has 0 spiro atoms. The van der Waals surface area contributed by atoms with E-state index in [2.05, 4.69) is 5.32 Å². The summed E-state index contributed by atoms with van der Waals surface area (Å²) in [6.45, 7) is 0.289. The zero-order valence-corrected chi connectivity index (χ0v) is 7.52. The molecule has 78 valence electrons. The molecule has 0 unspecified atom stereocenters. The Kier molecular flexibility index (Phi) is 3.00. The van der Waals surface area contributed by atoms with Crippen molar-refractivity contribution in [1.29, 1.82) is 0 Å². The number of halogens is 3. The van der Waals surface area contributed by atoms with E-state index in [0.29, 0.717) is 11.6 Å². The van der Waals surface area contributed by atoms with Crippen molar-refractivity contribution in [2.45, 2.75) is 12.7 Å². The lowest BCUT2D eigenvalue weighted by atomic mass is 10.1. The Morgan fingerprint density at radius 1 is 1.29 bits per heavy atom. The molecule has 0 amide bonds. The molecule has 0 heterocycles. The summed E-state index contributed by atoms with van der Waals surface area (Å²) >= 11 is 0. The van der Waals surface area contributed by atoms with Crippen LogP contribution in [0.15, 0.2) is 18.2 Å². The largest absolute Gasteiger partial charge is 0.508 e. The molecule has 0 aliphatic heterocycles. The number of aromatic hydroxyl groups is 1. The Bertz CT molecular complexity index is 322. The van der Waals surface area contributed by atoms with E-state index >= 15 is 0 Å². The SMILES string of the molecule is CNCc1cc(O)cc(C(F)(F)F)c1. The molecule has 0 aliphatic rings. The van der Waals surface area contributed by atoms with Crippen molar-refractivity contribution in [2.24, 2.45) is 0 Å². The molecule has 2 N–H and O–H groups in total. The minimum absolute atomic E-state index is 0.289. The summed E-state index contributed by atoms with van der Waals surface area (Å²) in [4.78, 5) is 0. The van der Waals surface area contributed by atoms with Crippen LogP contribution in [0.1, 0.15) is 11.1 Å². The number of nitrogens with one attached hydrogen (secondary N) is 1. The van der Waals surface area contributed by atoms with Gasteiger partial charge < -0.3 is 10.4 Å². The first-order valence-electron chi connectivity index (χ1n) is 3.98. The second-order valence-corrected chi connectivity index (χ2v) is 2.92.